The minimum absolute atomic E-state index is 0.00497. The van der Waals surface area contributed by atoms with Crippen LogP contribution in [0.3, 0.4) is 0 Å². The summed E-state index contributed by atoms with van der Waals surface area (Å²) in [6.45, 7) is 3.71. The quantitative estimate of drug-likeness (QED) is 0.546. The first-order chi connectivity index (χ1) is 13.1. The Morgan fingerprint density at radius 3 is 2.41 bits per heavy atom. The maximum Gasteiger partial charge on any atom is 0.235 e. The first-order valence-electron chi connectivity index (χ1n) is 8.33. The molecule has 142 valence electrons. The van der Waals surface area contributed by atoms with Gasteiger partial charge in [-0.2, -0.15) is 0 Å². The lowest BCUT2D eigenvalue weighted by Gasteiger charge is -2.18. The van der Waals surface area contributed by atoms with Crippen molar-refractivity contribution in [2.45, 2.75) is 13.8 Å². The van der Waals surface area contributed by atoms with Gasteiger partial charge in [-0.1, -0.05) is 6.07 Å². The van der Waals surface area contributed by atoms with Gasteiger partial charge in [-0.25, -0.2) is 0 Å². The number of allylic oxidation sites excluding steroid dienone is 1. The molecule has 7 heteroatoms. The minimum atomic E-state index is -0.260. The molecule has 0 N–H and O–H groups in total. The van der Waals surface area contributed by atoms with Gasteiger partial charge in [-0.05, 0) is 31.6 Å². The number of nitrogens with zero attached hydrogens (tertiary/aromatic N) is 1. The van der Waals surface area contributed by atoms with Crippen LogP contribution >= 0.6 is 0 Å². The number of benzene rings is 1. The fourth-order valence-electron chi connectivity index (χ4n) is 2.92. The van der Waals surface area contributed by atoms with Gasteiger partial charge in [0.1, 0.15) is 22.8 Å². The predicted molar refractivity (Wildman–Crippen MR) is 98.1 cm³/mol. The van der Waals surface area contributed by atoms with Gasteiger partial charge in [-0.15, -0.1) is 0 Å². The molecule has 0 bridgehead atoms. The summed E-state index contributed by atoms with van der Waals surface area (Å²) in [5, 5.41) is 0. The summed E-state index contributed by atoms with van der Waals surface area (Å²) in [6, 6.07) is 3.63. The molecule has 1 aromatic carbocycles. The van der Waals surface area contributed by atoms with Crippen LogP contribution in [0.2, 0.25) is 0 Å². The summed E-state index contributed by atoms with van der Waals surface area (Å²) in [7, 11) is 3.05. The highest BCUT2D eigenvalue weighted by molar-refractivity contribution is 6.17. The molecular weight excluding hydrogens is 350 g/mol. The number of ketones is 1. The van der Waals surface area contributed by atoms with Crippen LogP contribution in [0.15, 0.2) is 30.3 Å². The minimum Gasteiger partial charge on any atom is -0.467 e. The van der Waals surface area contributed by atoms with Gasteiger partial charge >= 0.3 is 0 Å². The van der Waals surface area contributed by atoms with Crippen molar-refractivity contribution in [3.05, 3.63) is 52.5 Å². The maximum atomic E-state index is 13.0. The van der Waals surface area contributed by atoms with Crippen LogP contribution in [0.5, 0.6) is 17.2 Å². The van der Waals surface area contributed by atoms with Gasteiger partial charge in [0, 0.05) is 37.7 Å². The molecule has 2 heterocycles. The molecule has 1 aliphatic rings. The number of aromatic nitrogens is 1. The molecule has 1 aliphatic heterocycles. The largest absolute Gasteiger partial charge is 0.467 e. The lowest BCUT2D eigenvalue weighted by molar-refractivity contribution is 0.0443. The Morgan fingerprint density at radius 2 is 1.78 bits per heavy atom. The van der Waals surface area contributed by atoms with E-state index in [9.17, 15) is 4.79 Å². The standard InChI is InChI=1S/C20H21NO6/c1-12-18(25-10-23-3)13(2)20-16(19(12)26-11-24-4)17(22)15(27-20)8-14-6-5-7-21-9-14/h5-9H,10-11H2,1-4H3. The van der Waals surface area contributed by atoms with Crippen molar-refractivity contribution in [3.8, 4) is 17.2 Å². The molecule has 3 rings (SSSR count). The summed E-state index contributed by atoms with van der Waals surface area (Å²) in [5.41, 5.74) is 2.51. The monoisotopic (exact) mass is 371 g/mol. The van der Waals surface area contributed by atoms with E-state index in [1.54, 1.807) is 24.5 Å². The average Bonchev–Trinajstić information content (AvgIpc) is 2.99. The number of fused-ring (bicyclic) bond motifs is 1. The summed E-state index contributed by atoms with van der Waals surface area (Å²) in [5.74, 6) is 1.29. The lowest BCUT2D eigenvalue weighted by Crippen LogP contribution is -2.09. The first kappa shape index (κ1) is 18.9. The number of carbonyl (C=O) groups excluding carboxylic acids is 1. The van der Waals surface area contributed by atoms with Crippen molar-refractivity contribution in [2.75, 3.05) is 27.8 Å². The van der Waals surface area contributed by atoms with Crippen molar-refractivity contribution in [1.29, 1.82) is 0 Å². The van der Waals surface area contributed by atoms with Crippen molar-refractivity contribution in [2.24, 2.45) is 0 Å². The summed E-state index contributed by atoms with van der Waals surface area (Å²) >= 11 is 0. The third kappa shape index (κ3) is 3.65. The van der Waals surface area contributed by atoms with Crippen LogP contribution in [-0.2, 0) is 9.47 Å². The highest BCUT2D eigenvalue weighted by Gasteiger charge is 2.36. The van der Waals surface area contributed by atoms with Gasteiger partial charge in [0.15, 0.2) is 19.3 Å². The molecule has 0 saturated heterocycles. The third-order valence-electron chi connectivity index (χ3n) is 4.10. The summed E-state index contributed by atoms with van der Waals surface area (Å²) < 4.78 is 27.3. The zero-order valence-electron chi connectivity index (χ0n) is 15.7. The molecule has 0 spiro atoms. The van der Waals surface area contributed by atoms with E-state index in [2.05, 4.69) is 4.98 Å². The fourth-order valence-corrected chi connectivity index (χ4v) is 2.92. The smallest absolute Gasteiger partial charge is 0.235 e. The molecule has 0 radical (unpaired) electrons. The Hall–Kier alpha value is -2.90. The normalized spacial score (nSPS) is 14.2. The van der Waals surface area contributed by atoms with Crippen LogP contribution in [0.25, 0.3) is 6.08 Å². The topological polar surface area (TPSA) is 76.1 Å². The molecule has 7 nitrogen and oxygen atoms in total. The van der Waals surface area contributed by atoms with E-state index in [1.807, 2.05) is 19.9 Å². The molecule has 0 saturated carbocycles. The second kappa shape index (κ2) is 8.20. The molecule has 0 aliphatic carbocycles. The molecule has 2 aromatic rings. The van der Waals surface area contributed by atoms with Gasteiger partial charge in [0.2, 0.25) is 5.78 Å². The third-order valence-corrected chi connectivity index (χ3v) is 4.10. The maximum absolute atomic E-state index is 13.0. The lowest BCUT2D eigenvalue weighted by atomic mass is 10.00. The van der Waals surface area contributed by atoms with Crippen molar-refractivity contribution >= 4 is 11.9 Å². The van der Waals surface area contributed by atoms with E-state index in [0.29, 0.717) is 33.9 Å². The van der Waals surface area contributed by atoms with E-state index in [1.165, 1.54) is 14.2 Å². The van der Waals surface area contributed by atoms with Crippen LogP contribution in [-0.4, -0.2) is 38.6 Å². The Labute approximate surface area is 157 Å². The van der Waals surface area contributed by atoms with Crippen LogP contribution in [0, 0.1) is 13.8 Å². The molecule has 27 heavy (non-hydrogen) atoms. The average molecular weight is 371 g/mol. The van der Waals surface area contributed by atoms with Gasteiger partial charge in [0.25, 0.3) is 0 Å². The van der Waals surface area contributed by atoms with Crippen LogP contribution < -0.4 is 14.2 Å². The van der Waals surface area contributed by atoms with Gasteiger partial charge < -0.3 is 23.7 Å². The Morgan fingerprint density at radius 1 is 1.07 bits per heavy atom. The zero-order chi connectivity index (χ0) is 19.4. The Balaban J connectivity index is 2.10. The van der Waals surface area contributed by atoms with Crippen molar-refractivity contribution in [3.63, 3.8) is 0 Å². The predicted octanol–water partition coefficient (Wildman–Crippen LogP) is 3.28. The number of hydrogen-bond acceptors (Lipinski definition) is 7. The molecule has 0 atom stereocenters. The number of carbonyl (C=O) groups is 1. The van der Waals surface area contributed by atoms with E-state index in [-0.39, 0.29) is 25.1 Å². The van der Waals surface area contributed by atoms with Gasteiger partial charge in [0.05, 0.1) is 0 Å². The number of ether oxygens (including phenoxy) is 5. The fraction of sp³-hybridized carbons (Fsp3) is 0.300. The second-order valence-electron chi connectivity index (χ2n) is 5.94. The summed E-state index contributed by atoms with van der Waals surface area (Å²) in [4.78, 5) is 17.1. The molecule has 0 amide bonds. The van der Waals surface area contributed by atoms with E-state index < -0.39 is 0 Å². The Kier molecular flexibility index (Phi) is 5.73. The number of Topliss-reactive ketones (excluding diaryl/α,β-unsaturated/α-hetero) is 1. The zero-order valence-corrected chi connectivity index (χ0v) is 15.7. The van der Waals surface area contributed by atoms with E-state index >= 15 is 0 Å². The second-order valence-corrected chi connectivity index (χ2v) is 5.94. The van der Waals surface area contributed by atoms with E-state index in [0.717, 1.165) is 5.56 Å². The van der Waals surface area contributed by atoms with Crippen LogP contribution in [0.1, 0.15) is 27.0 Å². The first-order valence-corrected chi connectivity index (χ1v) is 8.33. The molecule has 0 fully saturated rings. The van der Waals surface area contributed by atoms with Gasteiger partial charge in [-0.3, -0.25) is 9.78 Å². The van der Waals surface area contributed by atoms with Crippen molar-refractivity contribution in [1.82, 2.24) is 4.98 Å². The molecule has 0 unspecified atom stereocenters. The van der Waals surface area contributed by atoms with E-state index in [4.69, 9.17) is 23.7 Å². The number of hydrogen-bond donors (Lipinski definition) is 0. The number of methoxy groups -OCH3 is 2. The van der Waals surface area contributed by atoms with Crippen LogP contribution in [0.4, 0.5) is 0 Å². The van der Waals surface area contributed by atoms with Crippen molar-refractivity contribution < 1.29 is 28.5 Å². The SMILES string of the molecule is COCOc1c(C)c(OCOC)c2c(c1C)OC(=Cc1cccnc1)C2=O. The number of rotatable bonds is 7. The summed E-state index contributed by atoms with van der Waals surface area (Å²) in [6.07, 6.45) is 4.97. The molecule has 1 aromatic heterocycles. The molecular formula is C20H21NO6. The number of pyridine rings is 1. The Bertz CT molecular complexity index is 876. The highest BCUT2D eigenvalue weighted by Crippen LogP contribution is 2.48. The highest BCUT2D eigenvalue weighted by atomic mass is 16.7.